The predicted molar refractivity (Wildman–Crippen MR) is 90.1 cm³/mol. The van der Waals surface area contributed by atoms with Gasteiger partial charge in [0, 0.05) is 29.8 Å². The lowest BCUT2D eigenvalue weighted by molar-refractivity contribution is 0.340. The maximum atomic E-state index is 3.55. The summed E-state index contributed by atoms with van der Waals surface area (Å²) in [5.41, 5.74) is 3.84. The van der Waals surface area contributed by atoms with E-state index < -0.39 is 0 Å². The molecule has 2 nitrogen and oxygen atoms in total. The van der Waals surface area contributed by atoms with Gasteiger partial charge in [-0.25, -0.2) is 0 Å². The molecular weight excluding hydrogens is 312 g/mol. The number of rotatable bonds is 6. The molecule has 0 spiro atoms. The minimum absolute atomic E-state index is 0.935. The minimum atomic E-state index is 0.935. The SMILES string of the molecule is Cc1cccc(CN(C)CCNc2ccccc2Br)c1. The largest absolute Gasteiger partial charge is 0.383 e. The van der Waals surface area contributed by atoms with E-state index in [-0.39, 0.29) is 0 Å². The van der Waals surface area contributed by atoms with Crippen LogP contribution >= 0.6 is 15.9 Å². The van der Waals surface area contributed by atoms with E-state index >= 15 is 0 Å². The molecule has 0 saturated heterocycles. The first-order valence-corrected chi connectivity index (χ1v) is 7.67. The Balaban J connectivity index is 1.78. The van der Waals surface area contributed by atoms with Crippen LogP contribution in [0.2, 0.25) is 0 Å². The Bertz CT molecular complexity index is 554. The highest BCUT2D eigenvalue weighted by Crippen LogP contribution is 2.20. The Hall–Kier alpha value is -1.32. The van der Waals surface area contributed by atoms with Gasteiger partial charge in [-0.1, -0.05) is 42.0 Å². The molecule has 0 fully saturated rings. The maximum absolute atomic E-state index is 3.55. The fourth-order valence-corrected chi connectivity index (χ4v) is 2.61. The smallest absolute Gasteiger partial charge is 0.0485 e. The Morgan fingerprint density at radius 1 is 1.10 bits per heavy atom. The molecule has 2 aromatic carbocycles. The molecule has 0 aliphatic carbocycles. The standard InChI is InChI=1S/C17H21BrN2/c1-14-6-5-7-15(12-14)13-20(2)11-10-19-17-9-4-3-8-16(17)18/h3-9,12,19H,10-11,13H2,1-2H3. The summed E-state index contributed by atoms with van der Waals surface area (Å²) in [6, 6.07) is 16.9. The van der Waals surface area contributed by atoms with Gasteiger partial charge in [-0.3, -0.25) is 0 Å². The van der Waals surface area contributed by atoms with Gasteiger partial charge in [-0.2, -0.15) is 0 Å². The molecule has 0 aliphatic rings. The summed E-state index contributed by atoms with van der Waals surface area (Å²) in [6.07, 6.45) is 0. The van der Waals surface area contributed by atoms with Crippen LogP contribution in [0.25, 0.3) is 0 Å². The molecule has 2 aromatic rings. The monoisotopic (exact) mass is 332 g/mol. The maximum Gasteiger partial charge on any atom is 0.0485 e. The van der Waals surface area contributed by atoms with Gasteiger partial charge in [0.25, 0.3) is 0 Å². The molecule has 106 valence electrons. The molecule has 3 heteroatoms. The van der Waals surface area contributed by atoms with E-state index in [4.69, 9.17) is 0 Å². The Kier molecular flexibility index (Phi) is 5.62. The number of hydrogen-bond acceptors (Lipinski definition) is 2. The third-order valence-corrected chi connectivity index (χ3v) is 3.91. The molecular formula is C17H21BrN2. The third-order valence-electron chi connectivity index (χ3n) is 3.22. The van der Waals surface area contributed by atoms with Crippen molar-refractivity contribution in [2.24, 2.45) is 0 Å². The second-order valence-corrected chi connectivity index (χ2v) is 5.99. The van der Waals surface area contributed by atoms with Crippen LogP contribution in [-0.4, -0.2) is 25.0 Å². The van der Waals surface area contributed by atoms with Crippen LogP contribution in [0.3, 0.4) is 0 Å². The number of halogens is 1. The van der Waals surface area contributed by atoms with Crippen LogP contribution in [-0.2, 0) is 6.54 Å². The Labute approximate surface area is 129 Å². The highest BCUT2D eigenvalue weighted by molar-refractivity contribution is 9.10. The van der Waals surface area contributed by atoms with E-state index in [0.29, 0.717) is 0 Å². The molecule has 1 N–H and O–H groups in total. The van der Waals surface area contributed by atoms with Gasteiger partial charge in [-0.15, -0.1) is 0 Å². The van der Waals surface area contributed by atoms with Crippen LogP contribution in [0.4, 0.5) is 5.69 Å². The molecule has 0 heterocycles. The number of benzene rings is 2. The molecule has 2 rings (SSSR count). The van der Waals surface area contributed by atoms with Crippen LogP contribution in [0, 0.1) is 6.92 Å². The number of anilines is 1. The van der Waals surface area contributed by atoms with E-state index in [9.17, 15) is 0 Å². The minimum Gasteiger partial charge on any atom is -0.383 e. The van der Waals surface area contributed by atoms with E-state index in [1.54, 1.807) is 0 Å². The summed E-state index contributed by atoms with van der Waals surface area (Å²) in [7, 11) is 2.16. The van der Waals surface area contributed by atoms with Gasteiger partial charge in [0.1, 0.15) is 0 Å². The second kappa shape index (κ2) is 7.46. The van der Waals surface area contributed by atoms with Crippen LogP contribution in [0.1, 0.15) is 11.1 Å². The van der Waals surface area contributed by atoms with Crippen molar-refractivity contribution >= 4 is 21.6 Å². The molecule has 20 heavy (non-hydrogen) atoms. The third kappa shape index (κ3) is 4.66. The lowest BCUT2D eigenvalue weighted by atomic mass is 10.1. The second-order valence-electron chi connectivity index (χ2n) is 5.13. The zero-order chi connectivity index (χ0) is 14.4. The van der Waals surface area contributed by atoms with E-state index in [2.05, 4.69) is 76.5 Å². The van der Waals surface area contributed by atoms with Crippen LogP contribution in [0.5, 0.6) is 0 Å². The zero-order valence-electron chi connectivity index (χ0n) is 12.1. The van der Waals surface area contributed by atoms with Crippen molar-refractivity contribution in [3.63, 3.8) is 0 Å². The summed E-state index contributed by atoms with van der Waals surface area (Å²) in [6.45, 7) is 5.07. The van der Waals surface area contributed by atoms with E-state index in [1.165, 1.54) is 11.1 Å². The molecule has 0 aliphatic heterocycles. The number of aryl methyl sites for hydroxylation is 1. The first-order valence-electron chi connectivity index (χ1n) is 6.87. The number of para-hydroxylation sites is 1. The first-order chi connectivity index (χ1) is 9.65. The Morgan fingerprint density at radius 3 is 2.65 bits per heavy atom. The fraction of sp³-hybridized carbons (Fsp3) is 0.294. The van der Waals surface area contributed by atoms with Crippen molar-refractivity contribution in [3.05, 3.63) is 64.1 Å². The topological polar surface area (TPSA) is 15.3 Å². The molecule has 0 unspecified atom stereocenters. The van der Waals surface area contributed by atoms with Gasteiger partial charge < -0.3 is 10.2 Å². The van der Waals surface area contributed by atoms with Crippen LogP contribution < -0.4 is 5.32 Å². The highest BCUT2D eigenvalue weighted by atomic mass is 79.9. The molecule has 0 atom stereocenters. The molecule has 0 radical (unpaired) electrons. The number of likely N-dealkylation sites (N-methyl/N-ethyl adjacent to an activating group) is 1. The van der Waals surface area contributed by atoms with E-state index in [0.717, 1.165) is 29.8 Å². The van der Waals surface area contributed by atoms with Crippen molar-refractivity contribution in [2.75, 3.05) is 25.5 Å². The van der Waals surface area contributed by atoms with Crippen molar-refractivity contribution in [1.82, 2.24) is 4.90 Å². The van der Waals surface area contributed by atoms with Crippen molar-refractivity contribution < 1.29 is 0 Å². The zero-order valence-corrected chi connectivity index (χ0v) is 13.7. The molecule has 0 saturated carbocycles. The lowest BCUT2D eigenvalue weighted by Crippen LogP contribution is -2.24. The molecule has 0 aromatic heterocycles. The first kappa shape index (κ1) is 15.1. The average molecular weight is 333 g/mol. The number of nitrogens with one attached hydrogen (secondary N) is 1. The van der Waals surface area contributed by atoms with Gasteiger partial charge >= 0.3 is 0 Å². The summed E-state index contributed by atoms with van der Waals surface area (Å²) in [5, 5.41) is 3.45. The molecule has 0 bridgehead atoms. The molecule has 0 amide bonds. The quantitative estimate of drug-likeness (QED) is 0.848. The average Bonchev–Trinajstić information content (AvgIpc) is 2.41. The predicted octanol–water partition coefficient (Wildman–Crippen LogP) is 4.30. The van der Waals surface area contributed by atoms with E-state index in [1.807, 2.05) is 12.1 Å². The van der Waals surface area contributed by atoms with Gasteiger partial charge in [-0.05, 0) is 47.6 Å². The lowest BCUT2D eigenvalue weighted by Gasteiger charge is -2.18. The number of hydrogen-bond donors (Lipinski definition) is 1. The van der Waals surface area contributed by atoms with Gasteiger partial charge in [0.15, 0.2) is 0 Å². The van der Waals surface area contributed by atoms with Gasteiger partial charge in [0.2, 0.25) is 0 Å². The summed E-state index contributed by atoms with van der Waals surface area (Å²) < 4.78 is 1.11. The summed E-state index contributed by atoms with van der Waals surface area (Å²) in [5.74, 6) is 0. The van der Waals surface area contributed by atoms with Gasteiger partial charge in [0.05, 0.1) is 0 Å². The Morgan fingerprint density at radius 2 is 1.90 bits per heavy atom. The highest BCUT2D eigenvalue weighted by Gasteiger charge is 2.01. The van der Waals surface area contributed by atoms with Crippen molar-refractivity contribution in [1.29, 1.82) is 0 Å². The summed E-state index contributed by atoms with van der Waals surface area (Å²) >= 11 is 3.55. The van der Waals surface area contributed by atoms with Crippen LogP contribution in [0.15, 0.2) is 53.0 Å². The fourth-order valence-electron chi connectivity index (χ4n) is 2.19. The number of nitrogens with zero attached hydrogens (tertiary/aromatic N) is 1. The van der Waals surface area contributed by atoms with Crippen molar-refractivity contribution in [2.45, 2.75) is 13.5 Å². The summed E-state index contributed by atoms with van der Waals surface area (Å²) in [4.78, 5) is 2.33. The van der Waals surface area contributed by atoms with Crippen molar-refractivity contribution in [3.8, 4) is 0 Å². The normalized spacial score (nSPS) is 10.8.